The van der Waals surface area contributed by atoms with Gasteiger partial charge in [-0.3, -0.25) is 4.79 Å². The molecule has 5 aromatic carbocycles. The smallest absolute Gasteiger partial charge is 0.314 e. The van der Waals surface area contributed by atoms with Crippen LogP contribution in [0.2, 0.25) is 0 Å². The molecule has 46 heavy (non-hydrogen) atoms. The van der Waals surface area contributed by atoms with Gasteiger partial charge in [0.05, 0.1) is 5.92 Å². The number of anilines is 5. The maximum atomic E-state index is 12.3. The van der Waals surface area contributed by atoms with Crippen molar-refractivity contribution in [2.45, 2.75) is 64.8 Å². The van der Waals surface area contributed by atoms with Gasteiger partial charge in [0.15, 0.2) is 0 Å². The zero-order valence-electron chi connectivity index (χ0n) is 27.2. The van der Waals surface area contributed by atoms with E-state index in [1.807, 2.05) is 26.0 Å². The summed E-state index contributed by atoms with van der Waals surface area (Å²) in [7, 11) is 0. The SMILES string of the molecule is CCC(C)C(=O)Oc1ccc(N(c2ccccc2)C2CCC(c3ccc(N(c4ccccc4)c4cccc(C)c4)cc3)CC2)cc1. The van der Waals surface area contributed by atoms with E-state index in [-0.39, 0.29) is 11.9 Å². The molecule has 1 aliphatic rings. The summed E-state index contributed by atoms with van der Waals surface area (Å²) in [6.45, 7) is 6.05. The van der Waals surface area contributed by atoms with E-state index < -0.39 is 0 Å². The second-order valence-corrected chi connectivity index (χ2v) is 12.5. The third kappa shape index (κ3) is 7.18. The largest absolute Gasteiger partial charge is 0.426 e. The molecule has 1 unspecified atom stereocenters. The molecule has 1 aliphatic carbocycles. The maximum Gasteiger partial charge on any atom is 0.314 e. The number of nitrogens with zero attached hydrogens (tertiary/aromatic N) is 2. The third-order valence-corrected chi connectivity index (χ3v) is 9.34. The number of benzene rings is 5. The zero-order valence-corrected chi connectivity index (χ0v) is 27.2. The number of hydrogen-bond donors (Lipinski definition) is 0. The fraction of sp³-hybridized carbons (Fsp3) is 0.262. The van der Waals surface area contributed by atoms with Crippen LogP contribution in [0.5, 0.6) is 5.75 Å². The average molecular weight is 609 g/mol. The number of hydrogen-bond acceptors (Lipinski definition) is 4. The van der Waals surface area contributed by atoms with Gasteiger partial charge in [-0.05, 0) is 129 Å². The summed E-state index contributed by atoms with van der Waals surface area (Å²) in [6, 6.07) is 47.6. The molecule has 234 valence electrons. The quantitative estimate of drug-likeness (QED) is 0.117. The van der Waals surface area contributed by atoms with Gasteiger partial charge < -0.3 is 14.5 Å². The lowest BCUT2D eigenvalue weighted by Gasteiger charge is -2.39. The van der Waals surface area contributed by atoms with Gasteiger partial charge in [0.25, 0.3) is 0 Å². The molecule has 0 amide bonds. The molecule has 6 rings (SSSR count). The highest BCUT2D eigenvalue weighted by Crippen LogP contribution is 2.41. The molecule has 0 radical (unpaired) electrons. The Kier molecular flexibility index (Phi) is 9.83. The summed E-state index contributed by atoms with van der Waals surface area (Å²) in [4.78, 5) is 17.1. The van der Waals surface area contributed by atoms with Crippen LogP contribution in [0.25, 0.3) is 0 Å². The van der Waals surface area contributed by atoms with Crippen molar-refractivity contribution in [2.75, 3.05) is 9.80 Å². The topological polar surface area (TPSA) is 32.8 Å². The van der Waals surface area contributed by atoms with E-state index >= 15 is 0 Å². The van der Waals surface area contributed by atoms with Crippen molar-refractivity contribution in [1.29, 1.82) is 0 Å². The molecule has 1 fully saturated rings. The fourth-order valence-corrected chi connectivity index (χ4v) is 6.57. The molecule has 0 saturated heterocycles. The van der Waals surface area contributed by atoms with Gasteiger partial charge in [-0.1, -0.05) is 74.5 Å². The van der Waals surface area contributed by atoms with Crippen molar-refractivity contribution in [3.8, 4) is 5.75 Å². The Morgan fingerprint density at radius 3 is 1.83 bits per heavy atom. The summed E-state index contributed by atoms with van der Waals surface area (Å²) >= 11 is 0. The van der Waals surface area contributed by atoms with Crippen LogP contribution >= 0.6 is 0 Å². The predicted octanol–water partition coefficient (Wildman–Crippen LogP) is 11.3. The van der Waals surface area contributed by atoms with Crippen LogP contribution in [0.3, 0.4) is 0 Å². The highest BCUT2D eigenvalue weighted by molar-refractivity contribution is 5.77. The van der Waals surface area contributed by atoms with Crippen molar-refractivity contribution in [2.24, 2.45) is 5.92 Å². The third-order valence-electron chi connectivity index (χ3n) is 9.34. The van der Waals surface area contributed by atoms with E-state index in [0.717, 1.165) is 43.5 Å². The molecule has 0 heterocycles. The van der Waals surface area contributed by atoms with E-state index in [1.165, 1.54) is 28.2 Å². The number of para-hydroxylation sites is 2. The summed E-state index contributed by atoms with van der Waals surface area (Å²) < 4.78 is 5.63. The molecule has 5 aromatic rings. The number of aryl methyl sites for hydroxylation is 1. The number of esters is 1. The molecule has 0 bridgehead atoms. The van der Waals surface area contributed by atoms with E-state index in [2.05, 4.69) is 138 Å². The number of carbonyl (C=O) groups excluding carboxylic acids is 1. The van der Waals surface area contributed by atoms with Crippen molar-refractivity contribution in [1.82, 2.24) is 0 Å². The molecule has 0 aliphatic heterocycles. The first-order valence-electron chi connectivity index (χ1n) is 16.7. The van der Waals surface area contributed by atoms with Gasteiger partial charge in [0, 0.05) is 34.5 Å². The monoisotopic (exact) mass is 608 g/mol. The van der Waals surface area contributed by atoms with Crippen LogP contribution in [-0.4, -0.2) is 12.0 Å². The van der Waals surface area contributed by atoms with E-state index in [1.54, 1.807) is 0 Å². The minimum absolute atomic E-state index is 0.109. The van der Waals surface area contributed by atoms with Crippen LogP contribution in [0.1, 0.15) is 63.0 Å². The van der Waals surface area contributed by atoms with Crippen molar-refractivity contribution < 1.29 is 9.53 Å². The van der Waals surface area contributed by atoms with E-state index in [0.29, 0.717) is 17.7 Å². The average Bonchev–Trinajstić information content (AvgIpc) is 3.10. The van der Waals surface area contributed by atoms with Crippen LogP contribution in [-0.2, 0) is 4.79 Å². The summed E-state index contributed by atoms with van der Waals surface area (Å²) in [5.74, 6) is 0.851. The molecular formula is C42H44N2O2. The fourth-order valence-electron chi connectivity index (χ4n) is 6.57. The molecule has 1 saturated carbocycles. The second kappa shape index (κ2) is 14.5. The Morgan fingerprint density at radius 1 is 0.674 bits per heavy atom. The van der Waals surface area contributed by atoms with Crippen molar-refractivity contribution >= 4 is 34.4 Å². The van der Waals surface area contributed by atoms with Gasteiger partial charge in [0.2, 0.25) is 0 Å². The van der Waals surface area contributed by atoms with Crippen molar-refractivity contribution in [3.05, 3.63) is 145 Å². The minimum atomic E-state index is -0.176. The van der Waals surface area contributed by atoms with Crippen LogP contribution in [0, 0.1) is 12.8 Å². The summed E-state index contributed by atoms with van der Waals surface area (Å²) in [5, 5.41) is 0. The minimum Gasteiger partial charge on any atom is -0.426 e. The van der Waals surface area contributed by atoms with Gasteiger partial charge in [-0.2, -0.15) is 0 Å². The first-order valence-corrected chi connectivity index (χ1v) is 16.7. The molecule has 0 spiro atoms. The lowest BCUT2D eigenvalue weighted by atomic mass is 9.81. The second-order valence-electron chi connectivity index (χ2n) is 12.5. The first-order chi connectivity index (χ1) is 22.5. The molecule has 0 N–H and O–H groups in total. The Bertz CT molecular complexity index is 1690. The zero-order chi connectivity index (χ0) is 31.9. The molecule has 1 atom stereocenters. The first kappa shape index (κ1) is 31.2. The van der Waals surface area contributed by atoms with Crippen LogP contribution in [0.4, 0.5) is 28.4 Å². The lowest BCUT2D eigenvalue weighted by Crippen LogP contribution is -2.34. The summed E-state index contributed by atoms with van der Waals surface area (Å²) in [5.41, 5.74) is 8.47. The lowest BCUT2D eigenvalue weighted by molar-refractivity contribution is -0.138. The maximum absolute atomic E-state index is 12.3. The van der Waals surface area contributed by atoms with E-state index in [9.17, 15) is 4.79 Å². The Balaban J connectivity index is 1.17. The molecule has 4 heteroatoms. The summed E-state index contributed by atoms with van der Waals surface area (Å²) in [6.07, 6.45) is 5.25. The normalized spacial score (nSPS) is 16.8. The Hall–Kier alpha value is -4.83. The molecular weight excluding hydrogens is 564 g/mol. The van der Waals surface area contributed by atoms with Crippen molar-refractivity contribution in [3.63, 3.8) is 0 Å². The molecule has 0 aromatic heterocycles. The highest BCUT2D eigenvalue weighted by Gasteiger charge is 2.28. The number of rotatable bonds is 10. The van der Waals surface area contributed by atoms with E-state index in [4.69, 9.17) is 4.74 Å². The van der Waals surface area contributed by atoms with Crippen LogP contribution in [0.15, 0.2) is 133 Å². The van der Waals surface area contributed by atoms with Gasteiger partial charge in [-0.15, -0.1) is 0 Å². The highest BCUT2D eigenvalue weighted by atomic mass is 16.5. The van der Waals surface area contributed by atoms with Crippen LogP contribution < -0.4 is 14.5 Å². The van der Waals surface area contributed by atoms with Gasteiger partial charge in [-0.25, -0.2) is 0 Å². The Labute approximate surface area is 274 Å². The number of carbonyl (C=O) groups is 1. The standard InChI is InChI=1S/C42H44N2O2/c1-4-32(3)42(45)46-41-28-26-39(27-29-41)43(35-13-7-5-8-14-35)37-22-18-33(19-23-37)34-20-24-38(25-21-34)44(36-15-9-6-10-16-36)40-17-11-12-31(2)30-40/h5-17,20-21,24-30,32-33,37H,4,18-19,22-23H2,1-3H3. The van der Waals surface area contributed by atoms with Gasteiger partial charge in [0.1, 0.15) is 5.75 Å². The number of ether oxygens (including phenoxy) is 1. The van der Waals surface area contributed by atoms with Gasteiger partial charge >= 0.3 is 5.97 Å². The predicted molar refractivity (Wildman–Crippen MR) is 191 cm³/mol. The Morgan fingerprint density at radius 2 is 1.22 bits per heavy atom. The molecule has 4 nitrogen and oxygen atoms in total.